The molecule has 0 radical (unpaired) electrons. The number of amides is 2. The summed E-state index contributed by atoms with van der Waals surface area (Å²) >= 11 is 0. The number of nitrogens with zero attached hydrogens (tertiary/aromatic N) is 2. The number of carbonyl (C=O) groups excluding carboxylic acids is 2. The van der Waals surface area contributed by atoms with Gasteiger partial charge >= 0.3 is 0 Å². The van der Waals surface area contributed by atoms with E-state index in [-0.39, 0.29) is 41.3 Å². The molecule has 4 nitrogen and oxygen atoms in total. The minimum absolute atomic E-state index is 0.178. The monoisotopic (exact) mass is 310 g/mol. The van der Waals surface area contributed by atoms with Gasteiger partial charge in [-0.3, -0.25) is 9.59 Å². The van der Waals surface area contributed by atoms with Crippen LogP contribution in [0, 0.1) is 41.3 Å². The maximum Gasteiger partial charge on any atom is 0.254 e. The predicted molar refractivity (Wildman–Crippen MR) is 80.5 cm³/mol. The molecular weight excluding hydrogens is 295 g/mol. The summed E-state index contributed by atoms with van der Waals surface area (Å²) in [5.74, 6) is 0.440. The molecule has 0 unspecified atom stereocenters. The van der Waals surface area contributed by atoms with Gasteiger partial charge in [0, 0.05) is 0 Å². The largest absolute Gasteiger partial charge is 0.272 e. The van der Waals surface area contributed by atoms with Gasteiger partial charge in [0.2, 0.25) is 0 Å². The summed E-state index contributed by atoms with van der Waals surface area (Å²) in [7, 11) is 0. The number of hydrazone groups is 1. The number of benzene rings is 1. The summed E-state index contributed by atoms with van der Waals surface area (Å²) in [5, 5.41) is 5.14. The van der Waals surface area contributed by atoms with Gasteiger partial charge in [-0.25, -0.2) is 4.39 Å². The zero-order valence-electron chi connectivity index (χ0n) is 12.3. The molecule has 5 heteroatoms. The van der Waals surface area contributed by atoms with Crippen molar-refractivity contribution in [2.24, 2.45) is 40.6 Å². The van der Waals surface area contributed by atoms with Crippen molar-refractivity contribution in [3.05, 3.63) is 47.8 Å². The van der Waals surface area contributed by atoms with Crippen LogP contribution in [0.15, 0.2) is 41.5 Å². The van der Waals surface area contributed by atoms with Gasteiger partial charge in [0.05, 0.1) is 18.1 Å². The molecule has 2 bridgehead atoms. The van der Waals surface area contributed by atoms with Gasteiger partial charge in [-0.15, -0.1) is 0 Å². The zero-order valence-corrected chi connectivity index (χ0v) is 12.3. The van der Waals surface area contributed by atoms with Crippen LogP contribution in [0.2, 0.25) is 0 Å². The Morgan fingerprint density at radius 3 is 2.13 bits per heavy atom. The van der Waals surface area contributed by atoms with Crippen molar-refractivity contribution in [2.45, 2.75) is 6.42 Å². The Hall–Kier alpha value is -2.30. The molecule has 1 aliphatic heterocycles. The second-order valence-electron chi connectivity index (χ2n) is 6.94. The molecule has 5 aliphatic rings. The molecule has 2 amide bonds. The fourth-order valence-electron chi connectivity index (χ4n) is 4.73. The lowest BCUT2D eigenvalue weighted by molar-refractivity contribution is -0.140. The standard InChI is InChI=1S/C18H15FN2O2/c19-10-3-1-9(2-4-10)8-20-21-17(22)15-11-5-6-12(14-7-13(11)14)16(15)18(21)23/h1-6,8,11-16H,7H2/b20-8+/t11-,12-,13-,14-,15+,16+/m1/s1. The Bertz CT molecular complexity index is 734. The van der Waals surface area contributed by atoms with E-state index >= 15 is 0 Å². The molecule has 0 N–H and O–H groups in total. The minimum atomic E-state index is -0.330. The molecule has 2 saturated carbocycles. The van der Waals surface area contributed by atoms with Crippen LogP contribution < -0.4 is 0 Å². The van der Waals surface area contributed by atoms with E-state index in [9.17, 15) is 14.0 Å². The first-order chi connectivity index (χ1) is 11.1. The maximum absolute atomic E-state index is 12.9. The first-order valence-electron chi connectivity index (χ1n) is 8.01. The van der Waals surface area contributed by atoms with E-state index in [1.165, 1.54) is 18.3 Å². The van der Waals surface area contributed by atoms with Crippen LogP contribution >= 0.6 is 0 Å². The second kappa shape index (κ2) is 4.37. The van der Waals surface area contributed by atoms with E-state index in [1.54, 1.807) is 12.1 Å². The number of allylic oxidation sites excluding steroid dienone is 2. The molecule has 1 aromatic rings. The quantitative estimate of drug-likeness (QED) is 0.478. The van der Waals surface area contributed by atoms with Gasteiger partial charge in [-0.2, -0.15) is 10.1 Å². The third-order valence-electron chi connectivity index (χ3n) is 5.83. The van der Waals surface area contributed by atoms with Crippen molar-refractivity contribution in [2.75, 3.05) is 0 Å². The van der Waals surface area contributed by atoms with Gasteiger partial charge in [-0.1, -0.05) is 24.3 Å². The molecule has 23 heavy (non-hydrogen) atoms. The van der Waals surface area contributed by atoms with Crippen molar-refractivity contribution in [1.29, 1.82) is 0 Å². The topological polar surface area (TPSA) is 49.7 Å². The third kappa shape index (κ3) is 1.73. The third-order valence-corrected chi connectivity index (χ3v) is 5.83. The Morgan fingerprint density at radius 2 is 1.57 bits per heavy atom. The van der Waals surface area contributed by atoms with Crippen molar-refractivity contribution >= 4 is 18.0 Å². The number of carbonyl (C=O) groups is 2. The highest BCUT2D eigenvalue weighted by Gasteiger charge is 2.67. The molecule has 4 aliphatic carbocycles. The lowest BCUT2D eigenvalue weighted by atomic mass is 9.63. The number of halogens is 1. The Morgan fingerprint density at radius 1 is 1.00 bits per heavy atom. The van der Waals surface area contributed by atoms with Crippen LogP contribution in [0.25, 0.3) is 0 Å². The molecule has 0 aromatic heterocycles. The first-order valence-corrected chi connectivity index (χ1v) is 8.01. The van der Waals surface area contributed by atoms with E-state index in [4.69, 9.17) is 0 Å². The van der Waals surface area contributed by atoms with Crippen molar-refractivity contribution in [3.63, 3.8) is 0 Å². The average molecular weight is 310 g/mol. The van der Waals surface area contributed by atoms with E-state index in [0.29, 0.717) is 17.4 Å². The van der Waals surface area contributed by atoms with E-state index in [1.807, 2.05) is 0 Å². The van der Waals surface area contributed by atoms with Crippen molar-refractivity contribution in [3.8, 4) is 0 Å². The molecule has 6 rings (SSSR count). The summed E-state index contributed by atoms with van der Waals surface area (Å²) < 4.78 is 12.9. The maximum atomic E-state index is 12.9. The van der Waals surface area contributed by atoms with Crippen molar-refractivity contribution in [1.82, 2.24) is 5.01 Å². The van der Waals surface area contributed by atoms with Gasteiger partial charge in [-0.05, 0) is 47.8 Å². The van der Waals surface area contributed by atoms with E-state index in [0.717, 1.165) is 11.4 Å². The highest BCUT2D eigenvalue weighted by Crippen LogP contribution is 2.65. The second-order valence-corrected chi connectivity index (χ2v) is 6.94. The van der Waals surface area contributed by atoms with Crippen LogP contribution in [0.5, 0.6) is 0 Å². The SMILES string of the molecule is O=C1[C@H]2[C@@H]3C=C[C@H]([C@H]4C[C@H]34)[C@@H]2C(=O)N1/N=C/c1ccc(F)cc1. The van der Waals surface area contributed by atoms with Crippen LogP contribution in [-0.4, -0.2) is 23.0 Å². The number of hydrogen-bond donors (Lipinski definition) is 0. The number of hydrogen-bond acceptors (Lipinski definition) is 3. The van der Waals surface area contributed by atoms with Crippen LogP contribution in [0.1, 0.15) is 12.0 Å². The lowest BCUT2D eigenvalue weighted by Gasteiger charge is -2.37. The van der Waals surface area contributed by atoms with Gasteiger partial charge in [0.15, 0.2) is 0 Å². The summed E-state index contributed by atoms with van der Waals surface area (Å²) in [6.07, 6.45) is 6.87. The molecule has 116 valence electrons. The molecule has 1 aromatic carbocycles. The molecule has 3 fully saturated rings. The predicted octanol–water partition coefficient (Wildman–Crippen LogP) is 2.21. The van der Waals surface area contributed by atoms with Crippen LogP contribution in [0.3, 0.4) is 0 Å². The fraction of sp³-hybridized carbons (Fsp3) is 0.389. The number of rotatable bonds is 2. The summed E-state index contributed by atoms with van der Waals surface area (Å²) in [5.41, 5.74) is 0.658. The van der Waals surface area contributed by atoms with Crippen LogP contribution in [0.4, 0.5) is 4.39 Å². The number of imide groups is 1. The van der Waals surface area contributed by atoms with Crippen molar-refractivity contribution < 1.29 is 14.0 Å². The smallest absolute Gasteiger partial charge is 0.254 e. The van der Waals surface area contributed by atoms with E-state index in [2.05, 4.69) is 17.3 Å². The molecule has 1 heterocycles. The summed E-state index contributed by atoms with van der Waals surface area (Å²) in [6, 6.07) is 5.79. The fourth-order valence-corrected chi connectivity index (χ4v) is 4.73. The lowest BCUT2D eigenvalue weighted by Crippen LogP contribution is -2.40. The summed E-state index contributed by atoms with van der Waals surface area (Å²) in [6.45, 7) is 0. The molecular formula is C18H15FN2O2. The van der Waals surface area contributed by atoms with Crippen LogP contribution in [-0.2, 0) is 9.59 Å². The molecule has 0 spiro atoms. The average Bonchev–Trinajstić information content (AvgIpc) is 3.33. The summed E-state index contributed by atoms with van der Waals surface area (Å²) in [4.78, 5) is 25.4. The Kier molecular flexibility index (Phi) is 2.50. The molecule has 1 saturated heterocycles. The van der Waals surface area contributed by atoms with Gasteiger partial charge < -0.3 is 0 Å². The molecule has 6 atom stereocenters. The highest BCUT2D eigenvalue weighted by molar-refractivity contribution is 6.06. The first kappa shape index (κ1) is 13.2. The van der Waals surface area contributed by atoms with Gasteiger partial charge in [0.1, 0.15) is 5.82 Å². The normalized spacial score (nSPS) is 40.0. The zero-order chi connectivity index (χ0) is 15.7. The Labute approximate surface area is 132 Å². The van der Waals surface area contributed by atoms with E-state index < -0.39 is 0 Å². The Balaban J connectivity index is 1.44. The van der Waals surface area contributed by atoms with Gasteiger partial charge in [0.25, 0.3) is 11.8 Å². The minimum Gasteiger partial charge on any atom is -0.272 e. The highest BCUT2D eigenvalue weighted by atomic mass is 19.1.